The van der Waals surface area contributed by atoms with Crippen LogP contribution in [0.3, 0.4) is 0 Å². The zero-order chi connectivity index (χ0) is 13.8. The van der Waals surface area contributed by atoms with E-state index in [-0.39, 0.29) is 5.60 Å². The van der Waals surface area contributed by atoms with E-state index in [4.69, 9.17) is 4.74 Å². The van der Waals surface area contributed by atoms with Crippen LogP contribution in [-0.2, 0) is 0 Å². The van der Waals surface area contributed by atoms with Crippen molar-refractivity contribution in [2.75, 3.05) is 0 Å². The van der Waals surface area contributed by atoms with Gasteiger partial charge >= 0.3 is 0 Å². The number of benzene rings is 1. The lowest BCUT2D eigenvalue weighted by molar-refractivity contribution is 0.139. The van der Waals surface area contributed by atoms with Gasteiger partial charge in [-0.2, -0.15) is 0 Å². The van der Waals surface area contributed by atoms with Crippen LogP contribution in [0, 0.1) is 6.92 Å². The van der Waals surface area contributed by atoms with Crippen LogP contribution >= 0.6 is 0 Å². The molecular formula is C17H20O2. The van der Waals surface area contributed by atoms with E-state index in [1.165, 1.54) is 11.1 Å². The Morgan fingerprint density at radius 3 is 2.63 bits per heavy atom. The highest BCUT2D eigenvalue weighted by Crippen LogP contribution is 2.49. The summed E-state index contributed by atoms with van der Waals surface area (Å²) < 4.78 is 6.14. The molecule has 0 unspecified atom stereocenters. The monoisotopic (exact) mass is 256 g/mol. The summed E-state index contributed by atoms with van der Waals surface area (Å²) in [5.41, 5.74) is 5.41. The van der Waals surface area contributed by atoms with E-state index in [0.717, 1.165) is 35.3 Å². The topological polar surface area (TPSA) is 29.5 Å². The lowest BCUT2D eigenvalue weighted by atomic mass is 9.78. The summed E-state index contributed by atoms with van der Waals surface area (Å²) >= 11 is 0. The number of hydrogen-bond donors (Lipinski definition) is 1. The van der Waals surface area contributed by atoms with Gasteiger partial charge in [-0.1, -0.05) is 11.6 Å². The minimum atomic E-state index is -0.292. The van der Waals surface area contributed by atoms with Gasteiger partial charge in [-0.05, 0) is 69.4 Å². The number of aryl methyl sites for hydroxylation is 1. The summed E-state index contributed by atoms with van der Waals surface area (Å²) in [5.74, 6) is 1.12. The fourth-order valence-corrected chi connectivity index (χ4v) is 3.13. The van der Waals surface area contributed by atoms with Gasteiger partial charge in [0.25, 0.3) is 0 Å². The fraction of sp³-hybridized carbons (Fsp3) is 0.412. The summed E-state index contributed by atoms with van der Waals surface area (Å²) in [6, 6.07) is 3.82. The maximum Gasteiger partial charge on any atom is 0.132 e. The predicted octanol–water partition coefficient (Wildman–Crippen LogP) is 4.37. The van der Waals surface area contributed by atoms with Crippen LogP contribution in [0.15, 0.2) is 29.4 Å². The highest BCUT2D eigenvalue weighted by Gasteiger charge is 2.36. The van der Waals surface area contributed by atoms with Crippen LogP contribution in [0.25, 0.3) is 5.57 Å². The molecule has 100 valence electrons. The van der Waals surface area contributed by atoms with E-state index in [2.05, 4.69) is 26.8 Å². The third-order valence-corrected chi connectivity index (χ3v) is 4.07. The first kappa shape index (κ1) is 12.3. The average Bonchev–Trinajstić information content (AvgIpc) is 2.25. The molecule has 0 saturated carbocycles. The maximum atomic E-state index is 10.3. The van der Waals surface area contributed by atoms with Crippen molar-refractivity contribution in [3.05, 3.63) is 40.5 Å². The first-order valence-corrected chi connectivity index (χ1v) is 6.82. The molecule has 1 aliphatic carbocycles. The maximum absolute atomic E-state index is 10.3. The molecule has 0 fully saturated rings. The van der Waals surface area contributed by atoms with Crippen LogP contribution in [-0.4, -0.2) is 10.7 Å². The lowest BCUT2D eigenvalue weighted by Crippen LogP contribution is -2.35. The van der Waals surface area contributed by atoms with Crippen molar-refractivity contribution in [3.63, 3.8) is 0 Å². The van der Waals surface area contributed by atoms with E-state index < -0.39 is 0 Å². The Morgan fingerprint density at radius 2 is 1.89 bits per heavy atom. The zero-order valence-corrected chi connectivity index (χ0v) is 12.0. The van der Waals surface area contributed by atoms with Crippen molar-refractivity contribution >= 4 is 5.57 Å². The highest BCUT2D eigenvalue weighted by molar-refractivity contribution is 5.87. The van der Waals surface area contributed by atoms with Crippen LogP contribution in [0.5, 0.6) is 11.5 Å². The summed E-state index contributed by atoms with van der Waals surface area (Å²) in [6.45, 7) is 8.34. The van der Waals surface area contributed by atoms with E-state index in [9.17, 15) is 5.11 Å². The molecule has 1 aliphatic heterocycles. The van der Waals surface area contributed by atoms with Gasteiger partial charge in [-0.25, -0.2) is 0 Å². The Labute approximate surface area is 114 Å². The van der Waals surface area contributed by atoms with Crippen molar-refractivity contribution in [3.8, 4) is 11.5 Å². The molecule has 2 aliphatic rings. The van der Waals surface area contributed by atoms with Crippen molar-refractivity contribution in [2.24, 2.45) is 0 Å². The number of ether oxygens (including phenoxy) is 1. The molecule has 0 spiro atoms. The number of aromatic hydroxyl groups is 1. The number of rotatable bonds is 0. The largest absolute Gasteiger partial charge is 0.507 e. The smallest absolute Gasteiger partial charge is 0.132 e. The normalized spacial score (nSPS) is 20.3. The first-order chi connectivity index (χ1) is 8.88. The molecule has 19 heavy (non-hydrogen) atoms. The van der Waals surface area contributed by atoms with Crippen molar-refractivity contribution in [1.29, 1.82) is 0 Å². The van der Waals surface area contributed by atoms with Gasteiger partial charge in [-0.3, -0.25) is 0 Å². The molecule has 2 nitrogen and oxygen atoms in total. The molecule has 0 atom stereocenters. The first-order valence-electron chi connectivity index (χ1n) is 6.82. The Bertz CT molecular complexity index is 618. The van der Waals surface area contributed by atoms with Crippen LogP contribution in [0.2, 0.25) is 0 Å². The van der Waals surface area contributed by atoms with Crippen LogP contribution in [0.4, 0.5) is 0 Å². The van der Waals surface area contributed by atoms with Gasteiger partial charge in [0.1, 0.15) is 17.1 Å². The van der Waals surface area contributed by atoms with E-state index in [1.807, 2.05) is 19.1 Å². The standard InChI is InChI=1S/C17H20O2/c1-10-5-6-13-12(7-10)16-14(18)8-11(2)9-15(16)19-17(13,3)4/h7-9,18H,5-6H2,1-4H3. The molecule has 0 aromatic heterocycles. The summed E-state index contributed by atoms with van der Waals surface area (Å²) in [4.78, 5) is 0. The van der Waals surface area contributed by atoms with E-state index in [1.54, 1.807) is 0 Å². The number of phenolic OH excluding ortho intramolecular Hbond substituents is 1. The Balaban J connectivity index is 2.31. The third-order valence-electron chi connectivity index (χ3n) is 4.07. The second kappa shape index (κ2) is 3.89. The number of fused-ring (bicyclic) bond motifs is 2. The van der Waals surface area contributed by atoms with Gasteiger partial charge in [-0.15, -0.1) is 0 Å². The highest BCUT2D eigenvalue weighted by atomic mass is 16.5. The number of hydrogen-bond acceptors (Lipinski definition) is 2. The summed E-state index contributed by atoms with van der Waals surface area (Å²) in [6.07, 6.45) is 4.29. The molecule has 0 saturated heterocycles. The number of allylic oxidation sites excluding steroid dienone is 3. The summed E-state index contributed by atoms with van der Waals surface area (Å²) in [7, 11) is 0. The molecule has 0 amide bonds. The molecule has 3 rings (SSSR count). The summed E-state index contributed by atoms with van der Waals surface area (Å²) in [5, 5.41) is 10.3. The molecule has 1 aromatic carbocycles. The van der Waals surface area contributed by atoms with Crippen LogP contribution in [0.1, 0.15) is 44.7 Å². The van der Waals surface area contributed by atoms with Gasteiger partial charge in [0.05, 0.1) is 5.56 Å². The molecule has 2 heteroatoms. The molecule has 1 heterocycles. The molecule has 1 aromatic rings. The van der Waals surface area contributed by atoms with Gasteiger partial charge in [0.15, 0.2) is 0 Å². The van der Waals surface area contributed by atoms with Crippen LogP contribution < -0.4 is 4.74 Å². The Hall–Kier alpha value is -1.70. The molecule has 0 radical (unpaired) electrons. The minimum Gasteiger partial charge on any atom is -0.507 e. The van der Waals surface area contributed by atoms with Gasteiger partial charge < -0.3 is 9.84 Å². The minimum absolute atomic E-state index is 0.292. The quantitative estimate of drug-likeness (QED) is 0.747. The molecule has 0 bridgehead atoms. The van der Waals surface area contributed by atoms with E-state index >= 15 is 0 Å². The number of phenols is 1. The lowest BCUT2D eigenvalue weighted by Gasteiger charge is -2.38. The third kappa shape index (κ3) is 1.86. The molecule has 1 N–H and O–H groups in total. The van der Waals surface area contributed by atoms with Gasteiger partial charge in [0.2, 0.25) is 0 Å². The Kier molecular flexibility index (Phi) is 2.53. The van der Waals surface area contributed by atoms with Gasteiger partial charge in [0, 0.05) is 0 Å². The average molecular weight is 256 g/mol. The fourth-order valence-electron chi connectivity index (χ4n) is 3.13. The van der Waals surface area contributed by atoms with Crippen molar-refractivity contribution in [2.45, 2.75) is 46.1 Å². The second-order valence-electron chi connectivity index (χ2n) is 6.15. The second-order valence-corrected chi connectivity index (χ2v) is 6.15. The Morgan fingerprint density at radius 1 is 1.16 bits per heavy atom. The van der Waals surface area contributed by atoms with E-state index in [0.29, 0.717) is 5.75 Å². The SMILES string of the molecule is CC1=CC2=C(CC1)C(C)(C)Oc1cc(C)cc(O)c12. The van der Waals surface area contributed by atoms with Crippen molar-refractivity contribution in [1.82, 2.24) is 0 Å². The van der Waals surface area contributed by atoms with Crippen molar-refractivity contribution < 1.29 is 9.84 Å². The predicted molar refractivity (Wildman–Crippen MR) is 77.5 cm³/mol. The zero-order valence-electron chi connectivity index (χ0n) is 12.0. The molecular weight excluding hydrogens is 236 g/mol.